The molecule has 19 heavy (non-hydrogen) atoms. The molecule has 0 spiro atoms. The summed E-state index contributed by atoms with van der Waals surface area (Å²) in [5.74, 6) is 1.01. The van der Waals surface area contributed by atoms with Crippen LogP contribution in [-0.2, 0) is 6.54 Å². The fourth-order valence-corrected chi connectivity index (χ4v) is 2.00. The van der Waals surface area contributed by atoms with Crippen LogP contribution in [0.2, 0.25) is 0 Å². The zero-order valence-corrected chi connectivity index (χ0v) is 10.9. The fourth-order valence-electron chi connectivity index (χ4n) is 2.00. The van der Waals surface area contributed by atoms with Crippen molar-refractivity contribution in [2.75, 3.05) is 14.2 Å². The van der Waals surface area contributed by atoms with Gasteiger partial charge in [-0.1, -0.05) is 6.07 Å². The van der Waals surface area contributed by atoms with Gasteiger partial charge in [-0.15, -0.1) is 0 Å². The maximum absolute atomic E-state index is 13.4. The van der Waals surface area contributed by atoms with Gasteiger partial charge >= 0.3 is 0 Å². The van der Waals surface area contributed by atoms with Gasteiger partial charge in [0.1, 0.15) is 17.3 Å². The molecule has 0 radical (unpaired) electrons. The van der Waals surface area contributed by atoms with E-state index in [1.54, 1.807) is 26.4 Å². The molecule has 0 bridgehead atoms. The van der Waals surface area contributed by atoms with Gasteiger partial charge in [0.05, 0.1) is 14.2 Å². The molecule has 0 saturated heterocycles. The largest absolute Gasteiger partial charge is 0.497 e. The molecular formula is C15H16FNO2. The molecule has 0 aliphatic rings. The predicted octanol–water partition coefficient (Wildman–Crippen LogP) is 2.97. The summed E-state index contributed by atoms with van der Waals surface area (Å²) < 4.78 is 23.9. The summed E-state index contributed by atoms with van der Waals surface area (Å²) in [7, 11) is 3.15. The normalized spacial score (nSPS) is 10.3. The second-order valence-electron chi connectivity index (χ2n) is 4.07. The van der Waals surface area contributed by atoms with Crippen molar-refractivity contribution in [2.45, 2.75) is 6.54 Å². The summed E-state index contributed by atoms with van der Waals surface area (Å²) in [5.41, 5.74) is 8.10. The number of halogens is 1. The van der Waals surface area contributed by atoms with Crippen LogP contribution in [0.1, 0.15) is 5.56 Å². The van der Waals surface area contributed by atoms with Crippen molar-refractivity contribution in [1.29, 1.82) is 0 Å². The second kappa shape index (κ2) is 5.71. The van der Waals surface area contributed by atoms with Crippen molar-refractivity contribution < 1.29 is 13.9 Å². The predicted molar refractivity (Wildman–Crippen MR) is 72.8 cm³/mol. The van der Waals surface area contributed by atoms with Crippen LogP contribution in [0.15, 0.2) is 36.4 Å². The molecule has 0 atom stereocenters. The minimum absolute atomic E-state index is 0.301. The minimum Gasteiger partial charge on any atom is -0.497 e. The molecular weight excluding hydrogens is 245 g/mol. The minimum atomic E-state index is -0.301. The van der Waals surface area contributed by atoms with Gasteiger partial charge in [0.25, 0.3) is 0 Å². The highest BCUT2D eigenvalue weighted by Crippen LogP contribution is 2.35. The van der Waals surface area contributed by atoms with E-state index in [0.717, 1.165) is 16.7 Å². The molecule has 4 heteroatoms. The Labute approximate surface area is 111 Å². The van der Waals surface area contributed by atoms with Crippen molar-refractivity contribution in [3.05, 3.63) is 47.8 Å². The molecule has 3 nitrogen and oxygen atoms in total. The Bertz CT molecular complexity index is 584. The van der Waals surface area contributed by atoms with Crippen molar-refractivity contribution in [3.63, 3.8) is 0 Å². The third-order valence-electron chi connectivity index (χ3n) is 2.99. The van der Waals surface area contributed by atoms with Crippen LogP contribution in [0, 0.1) is 5.82 Å². The van der Waals surface area contributed by atoms with Gasteiger partial charge in [-0.25, -0.2) is 4.39 Å². The first kappa shape index (κ1) is 13.4. The zero-order chi connectivity index (χ0) is 13.8. The number of benzene rings is 2. The summed E-state index contributed by atoms with van der Waals surface area (Å²) in [5, 5.41) is 0. The Hall–Kier alpha value is -2.07. The van der Waals surface area contributed by atoms with E-state index in [4.69, 9.17) is 15.2 Å². The molecule has 0 amide bonds. The molecule has 100 valence electrons. The van der Waals surface area contributed by atoms with E-state index in [0.29, 0.717) is 18.0 Å². The SMILES string of the molecule is COc1ccc(-c2cc(F)ccc2CN)c(OC)c1. The summed E-state index contributed by atoms with van der Waals surface area (Å²) in [6.45, 7) is 0.338. The lowest BCUT2D eigenvalue weighted by atomic mass is 9.98. The molecule has 0 saturated carbocycles. The van der Waals surface area contributed by atoms with E-state index < -0.39 is 0 Å². The van der Waals surface area contributed by atoms with Crippen LogP contribution in [-0.4, -0.2) is 14.2 Å². The third-order valence-corrected chi connectivity index (χ3v) is 2.99. The summed E-state index contributed by atoms with van der Waals surface area (Å²) in [6, 6.07) is 9.97. The Morgan fingerprint density at radius 2 is 1.79 bits per heavy atom. The van der Waals surface area contributed by atoms with E-state index in [-0.39, 0.29) is 5.82 Å². The Balaban J connectivity index is 2.60. The molecule has 0 aromatic heterocycles. The zero-order valence-electron chi connectivity index (χ0n) is 10.9. The molecule has 0 aliphatic carbocycles. The first-order chi connectivity index (χ1) is 9.19. The van der Waals surface area contributed by atoms with Crippen LogP contribution in [0.5, 0.6) is 11.5 Å². The number of ether oxygens (including phenoxy) is 2. The number of hydrogen-bond acceptors (Lipinski definition) is 3. The van der Waals surface area contributed by atoms with Gasteiger partial charge in [-0.05, 0) is 35.4 Å². The summed E-state index contributed by atoms with van der Waals surface area (Å²) >= 11 is 0. The number of nitrogens with two attached hydrogens (primary N) is 1. The Morgan fingerprint density at radius 1 is 1.00 bits per heavy atom. The lowest BCUT2D eigenvalue weighted by Gasteiger charge is -2.13. The van der Waals surface area contributed by atoms with Gasteiger partial charge in [0.2, 0.25) is 0 Å². The Kier molecular flexibility index (Phi) is 4.02. The quantitative estimate of drug-likeness (QED) is 0.920. The van der Waals surface area contributed by atoms with Crippen molar-refractivity contribution in [3.8, 4) is 22.6 Å². The number of rotatable bonds is 4. The average Bonchev–Trinajstić information content (AvgIpc) is 2.46. The smallest absolute Gasteiger partial charge is 0.130 e. The highest BCUT2D eigenvalue weighted by molar-refractivity contribution is 5.74. The van der Waals surface area contributed by atoms with Crippen molar-refractivity contribution >= 4 is 0 Å². The Morgan fingerprint density at radius 3 is 2.42 bits per heavy atom. The van der Waals surface area contributed by atoms with Gasteiger partial charge in [0.15, 0.2) is 0 Å². The van der Waals surface area contributed by atoms with Crippen molar-refractivity contribution in [2.24, 2.45) is 5.73 Å². The first-order valence-electron chi connectivity index (χ1n) is 5.90. The van der Waals surface area contributed by atoms with Crippen molar-refractivity contribution in [1.82, 2.24) is 0 Å². The lowest BCUT2D eigenvalue weighted by molar-refractivity contribution is 0.395. The highest BCUT2D eigenvalue weighted by atomic mass is 19.1. The highest BCUT2D eigenvalue weighted by Gasteiger charge is 2.12. The van der Waals surface area contributed by atoms with E-state index >= 15 is 0 Å². The summed E-state index contributed by atoms with van der Waals surface area (Å²) in [6.07, 6.45) is 0. The molecule has 2 aromatic rings. The summed E-state index contributed by atoms with van der Waals surface area (Å²) in [4.78, 5) is 0. The van der Waals surface area contributed by atoms with Crippen LogP contribution >= 0.6 is 0 Å². The number of hydrogen-bond donors (Lipinski definition) is 1. The maximum Gasteiger partial charge on any atom is 0.130 e. The topological polar surface area (TPSA) is 44.5 Å². The standard InChI is InChI=1S/C15H16FNO2/c1-18-12-5-6-13(15(8-12)19-2)14-7-11(16)4-3-10(14)9-17/h3-8H,9,17H2,1-2H3. The van der Waals surface area contributed by atoms with E-state index in [2.05, 4.69) is 0 Å². The van der Waals surface area contributed by atoms with E-state index in [1.807, 2.05) is 12.1 Å². The van der Waals surface area contributed by atoms with E-state index in [9.17, 15) is 4.39 Å². The molecule has 0 aliphatic heterocycles. The van der Waals surface area contributed by atoms with Crippen LogP contribution < -0.4 is 15.2 Å². The molecule has 2 N–H and O–H groups in total. The van der Waals surface area contributed by atoms with Crippen LogP contribution in [0.3, 0.4) is 0 Å². The molecule has 0 unspecified atom stereocenters. The fraction of sp³-hybridized carbons (Fsp3) is 0.200. The van der Waals surface area contributed by atoms with Crippen LogP contribution in [0.4, 0.5) is 4.39 Å². The van der Waals surface area contributed by atoms with Crippen LogP contribution in [0.25, 0.3) is 11.1 Å². The second-order valence-corrected chi connectivity index (χ2v) is 4.07. The average molecular weight is 261 g/mol. The molecule has 2 aromatic carbocycles. The van der Waals surface area contributed by atoms with E-state index in [1.165, 1.54) is 12.1 Å². The molecule has 0 heterocycles. The number of methoxy groups -OCH3 is 2. The monoisotopic (exact) mass is 261 g/mol. The molecule has 2 rings (SSSR count). The van der Waals surface area contributed by atoms with Gasteiger partial charge in [-0.3, -0.25) is 0 Å². The van der Waals surface area contributed by atoms with Gasteiger partial charge in [-0.2, -0.15) is 0 Å². The maximum atomic E-state index is 13.4. The van der Waals surface area contributed by atoms with Gasteiger partial charge < -0.3 is 15.2 Å². The first-order valence-corrected chi connectivity index (χ1v) is 5.90. The molecule has 0 fully saturated rings. The third kappa shape index (κ3) is 2.69. The lowest BCUT2D eigenvalue weighted by Crippen LogP contribution is -2.00. The van der Waals surface area contributed by atoms with Gasteiger partial charge in [0, 0.05) is 18.2 Å².